The predicted octanol–water partition coefficient (Wildman–Crippen LogP) is 3.88. The highest BCUT2D eigenvalue weighted by Gasteiger charge is 2.45. The van der Waals surface area contributed by atoms with Crippen LogP contribution < -0.4 is 5.32 Å². The first-order chi connectivity index (χ1) is 16.2. The Morgan fingerprint density at radius 1 is 1.38 bits per heavy atom. The number of carboxylic acid groups (broad SMARTS) is 1. The average Bonchev–Trinajstić information content (AvgIpc) is 3.20. The quantitative estimate of drug-likeness (QED) is 0.455. The molecule has 3 heterocycles. The standard InChI is InChI=1S/C22H24ClF2N7O2/c1-12-8-17(29-28-12)27-21-26-16(19(25)30-31-21)10-22(20(33)34)6-7-32(13(2)9-22)11-14-4-3-5-15(23)18(14)24/h3-5,8,13H,6-7,9-11H2,1-2H3,(H,33,34)(H2,26,27,28,29,31)/t13-,22-/m1/s1. The van der Waals surface area contributed by atoms with Crippen molar-refractivity contribution in [1.82, 2.24) is 30.3 Å². The summed E-state index contributed by atoms with van der Waals surface area (Å²) in [6.45, 7) is 4.38. The highest BCUT2D eigenvalue weighted by Crippen LogP contribution is 2.39. The van der Waals surface area contributed by atoms with Crippen LogP contribution in [0.25, 0.3) is 0 Å². The van der Waals surface area contributed by atoms with E-state index < -0.39 is 23.1 Å². The summed E-state index contributed by atoms with van der Waals surface area (Å²) in [6, 6.07) is 6.33. The highest BCUT2D eigenvalue weighted by atomic mass is 35.5. The minimum absolute atomic E-state index is 0.0188. The summed E-state index contributed by atoms with van der Waals surface area (Å²) in [7, 11) is 0. The van der Waals surface area contributed by atoms with E-state index in [1.54, 1.807) is 18.2 Å². The fourth-order valence-electron chi connectivity index (χ4n) is 4.36. The second-order valence-electron chi connectivity index (χ2n) is 8.68. The van der Waals surface area contributed by atoms with E-state index in [4.69, 9.17) is 11.6 Å². The first-order valence-electron chi connectivity index (χ1n) is 10.8. The Balaban J connectivity index is 1.52. The van der Waals surface area contributed by atoms with Gasteiger partial charge in [-0.05, 0) is 39.3 Å². The fourth-order valence-corrected chi connectivity index (χ4v) is 4.55. The lowest BCUT2D eigenvalue weighted by molar-refractivity contribution is -0.153. The molecule has 1 fully saturated rings. The molecule has 4 rings (SSSR count). The van der Waals surface area contributed by atoms with Crippen molar-refractivity contribution in [1.29, 1.82) is 0 Å². The number of nitrogens with zero attached hydrogens (tertiary/aromatic N) is 5. The van der Waals surface area contributed by atoms with Crippen molar-refractivity contribution in [2.45, 2.75) is 45.7 Å². The van der Waals surface area contributed by atoms with E-state index in [1.165, 1.54) is 6.07 Å². The Morgan fingerprint density at radius 3 is 2.85 bits per heavy atom. The summed E-state index contributed by atoms with van der Waals surface area (Å²) in [5.41, 5.74) is -0.0906. The molecule has 12 heteroatoms. The van der Waals surface area contributed by atoms with Gasteiger partial charge in [0.25, 0.3) is 5.95 Å². The van der Waals surface area contributed by atoms with E-state index in [-0.39, 0.29) is 42.0 Å². The molecule has 0 bridgehead atoms. The van der Waals surface area contributed by atoms with Gasteiger partial charge >= 0.3 is 5.97 Å². The number of hydrogen-bond donors (Lipinski definition) is 3. The molecular weight excluding hydrogens is 468 g/mol. The van der Waals surface area contributed by atoms with Gasteiger partial charge in [0.2, 0.25) is 5.95 Å². The number of aliphatic carboxylic acids is 1. The van der Waals surface area contributed by atoms with Crippen LogP contribution in [0.2, 0.25) is 5.02 Å². The molecule has 0 saturated carbocycles. The molecule has 0 unspecified atom stereocenters. The van der Waals surface area contributed by atoms with Crippen molar-refractivity contribution < 1.29 is 18.7 Å². The van der Waals surface area contributed by atoms with Crippen molar-refractivity contribution in [3.8, 4) is 0 Å². The van der Waals surface area contributed by atoms with E-state index >= 15 is 0 Å². The zero-order chi connectivity index (χ0) is 24.5. The molecule has 1 aliphatic rings. The monoisotopic (exact) mass is 491 g/mol. The first kappa shape index (κ1) is 24.0. The van der Waals surface area contributed by atoms with Crippen LogP contribution in [0, 0.1) is 24.1 Å². The minimum Gasteiger partial charge on any atom is -0.481 e. The van der Waals surface area contributed by atoms with Crippen LogP contribution in [-0.4, -0.2) is 53.9 Å². The van der Waals surface area contributed by atoms with E-state index in [2.05, 4.69) is 30.7 Å². The molecule has 180 valence electrons. The molecule has 3 N–H and O–H groups in total. The zero-order valence-electron chi connectivity index (χ0n) is 18.6. The van der Waals surface area contributed by atoms with Gasteiger partial charge in [0.05, 0.1) is 10.4 Å². The molecule has 0 radical (unpaired) electrons. The molecule has 0 spiro atoms. The molecule has 3 aromatic rings. The van der Waals surface area contributed by atoms with Crippen LogP contribution in [0.15, 0.2) is 24.3 Å². The second kappa shape index (κ2) is 9.59. The van der Waals surface area contributed by atoms with Gasteiger partial charge in [-0.25, -0.2) is 9.37 Å². The largest absolute Gasteiger partial charge is 0.481 e. The molecule has 9 nitrogen and oxygen atoms in total. The Bertz CT molecular complexity index is 1210. The van der Waals surface area contributed by atoms with Gasteiger partial charge in [-0.3, -0.25) is 14.8 Å². The number of aromatic nitrogens is 5. The molecule has 34 heavy (non-hydrogen) atoms. The number of piperidine rings is 1. The number of aryl methyl sites for hydroxylation is 1. The van der Waals surface area contributed by atoms with E-state index in [9.17, 15) is 18.7 Å². The van der Waals surface area contributed by atoms with E-state index in [0.29, 0.717) is 24.5 Å². The van der Waals surface area contributed by atoms with E-state index in [0.717, 1.165) is 5.69 Å². The van der Waals surface area contributed by atoms with Crippen LogP contribution in [0.3, 0.4) is 0 Å². The summed E-state index contributed by atoms with van der Waals surface area (Å²) < 4.78 is 28.9. The van der Waals surface area contributed by atoms with Gasteiger partial charge in [-0.1, -0.05) is 23.7 Å². The van der Waals surface area contributed by atoms with Crippen LogP contribution >= 0.6 is 11.6 Å². The number of anilines is 2. The number of halogens is 3. The summed E-state index contributed by atoms with van der Waals surface area (Å²) in [5, 5.41) is 27.0. The van der Waals surface area contributed by atoms with Crippen LogP contribution in [0.1, 0.15) is 36.7 Å². The number of carboxylic acids is 1. The molecule has 0 aliphatic carbocycles. The number of aromatic amines is 1. The van der Waals surface area contributed by atoms with Crippen molar-refractivity contribution in [3.63, 3.8) is 0 Å². The van der Waals surface area contributed by atoms with Gasteiger partial charge in [-0.15, -0.1) is 10.2 Å². The Hall–Kier alpha value is -3.18. The van der Waals surface area contributed by atoms with Crippen molar-refractivity contribution in [2.75, 3.05) is 11.9 Å². The van der Waals surface area contributed by atoms with Crippen LogP contribution in [-0.2, 0) is 17.8 Å². The van der Waals surface area contributed by atoms with Crippen LogP contribution in [0.5, 0.6) is 0 Å². The van der Waals surface area contributed by atoms with E-state index in [1.807, 2.05) is 18.7 Å². The number of rotatable bonds is 7. The topological polar surface area (TPSA) is 120 Å². The Morgan fingerprint density at radius 2 is 2.18 bits per heavy atom. The maximum atomic E-state index is 14.5. The normalized spacial score (nSPS) is 20.9. The highest BCUT2D eigenvalue weighted by molar-refractivity contribution is 6.30. The van der Waals surface area contributed by atoms with Gasteiger partial charge in [0, 0.05) is 36.3 Å². The summed E-state index contributed by atoms with van der Waals surface area (Å²) in [5.74, 6) is -1.98. The molecule has 1 aromatic carbocycles. The molecule has 0 amide bonds. The smallest absolute Gasteiger partial charge is 0.310 e. The average molecular weight is 492 g/mol. The molecule has 2 atom stereocenters. The number of H-pyrrole nitrogens is 1. The molecule has 1 aliphatic heterocycles. The number of likely N-dealkylation sites (tertiary alicyclic amines) is 1. The molecule has 1 saturated heterocycles. The first-order valence-corrected chi connectivity index (χ1v) is 11.1. The van der Waals surface area contributed by atoms with Crippen molar-refractivity contribution in [2.24, 2.45) is 5.41 Å². The Kier molecular flexibility index (Phi) is 6.76. The number of carbonyl (C=O) groups is 1. The number of benzene rings is 1. The molecule has 2 aromatic heterocycles. The third-order valence-electron chi connectivity index (χ3n) is 6.21. The zero-order valence-corrected chi connectivity index (χ0v) is 19.4. The van der Waals surface area contributed by atoms with Crippen molar-refractivity contribution >= 4 is 29.3 Å². The Labute approximate surface area is 199 Å². The van der Waals surface area contributed by atoms with Gasteiger partial charge in [0.1, 0.15) is 11.5 Å². The lowest BCUT2D eigenvalue weighted by Gasteiger charge is -2.43. The minimum atomic E-state index is -1.25. The number of hydrogen-bond acceptors (Lipinski definition) is 7. The second-order valence-corrected chi connectivity index (χ2v) is 9.09. The maximum Gasteiger partial charge on any atom is 0.310 e. The lowest BCUT2D eigenvalue weighted by atomic mass is 9.72. The van der Waals surface area contributed by atoms with Gasteiger partial charge in [0.15, 0.2) is 5.82 Å². The fraction of sp³-hybridized carbons (Fsp3) is 0.409. The lowest BCUT2D eigenvalue weighted by Crippen LogP contribution is -2.50. The predicted molar refractivity (Wildman–Crippen MR) is 121 cm³/mol. The SMILES string of the molecule is Cc1cc(Nc2nnc(F)c(C[C@@]3(C(=O)O)CCN(Cc4cccc(Cl)c4F)[C@H](C)C3)n2)n[nH]1. The van der Waals surface area contributed by atoms with Crippen LogP contribution in [0.4, 0.5) is 20.5 Å². The molecular formula is C22H24ClF2N7O2. The summed E-state index contributed by atoms with van der Waals surface area (Å²) >= 11 is 5.89. The maximum absolute atomic E-state index is 14.5. The third kappa shape index (κ3) is 5.00. The summed E-state index contributed by atoms with van der Waals surface area (Å²) in [6.07, 6.45) is 0.316. The number of nitrogens with one attached hydrogen (secondary N) is 2. The van der Waals surface area contributed by atoms with Gasteiger partial charge in [-0.2, -0.15) is 9.49 Å². The summed E-state index contributed by atoms with van der Waals surface area (Å²) in [4.78, 5) is 18.5. The van der Waals surface area contributed by atoms with Gasteiger partial charge < -0.3 is 10.4 Å². The van der Waals surface area contributed by atoms with Crippen molar-refractivity contribution in [3.05, 3.63) is 58.0 Å². The third-order valence-corrected chi connectivity index (χ3v) is 6.50.